The summed E-state index contributed by atoms with van der Waals surface area (Å²) in [5.41, 5.74) is 2.29. The van der Waals surface area contributed by atoms with E-state index in [-0.39, 0.29) is 45.7 Å². The molecule has 0 saturated carbocycles. The van der Waals surface area contributed by atoms with Crippen molar-refractivity contribution in [3.05, 3.63) is 74.9 Å². The molecule has 4 N–H and O–H groups in total. The first-order valence-corrected chi connectivity index (χ1v) is 14.5. The largest absolute Gasteiger partial charge is 0.507 e. The Hall–Kier alpha value is -3.68. The molecule has 4 rings (SSSR count). The first-order valence-electron chi connectivity index (χ1n) is 14.5. The van der Waals surface area contributed by atoms with Crippen LogP contribution in [-0.2, 0) is 4.74 Å². The van der Waals surface area contributed by atoms with Gasteiger partial charge in [0.2, 0.25) is 11.6 Å². The van der Waals surface area contributed by atoms with Crippen molar-refractivity contribution in [2.24, 2.45) is 0 Å². The molecular formula is C35H42O7. The number of hydrogen-bond acceptors (Lipinski definition) is 7. The topological polar surface area (TPSA) is 124 Å². The van der Waals surface area contributed by atoms with Gasteiger partial charge in [-0.1, -0.05) is 41.0 Å². The standard InChI is InChI=1S/C35H42O7/c1-19(2)15-25-17-24(18-42-25)12-8-11-20(3)9-7-10-21(4)13-14-35(41)33(39)28-26(36)16-22(5)27-29(28)30(34(35)40)32(38)23(6)31(27)37/h9,12-13,15-16,25,36-38,41H,7-8,10-11,14,17-18H2,1-6H3/b20-9+,21-13+,24-12-. The van der Waals surface area contributed by atoms with Crippen LogP contribution in [0.25, 0.3) is 10.8 Å². The van der Waals surface area contributed by atoms with Crippen LogP contribution in [0.4, 0.5) is 0 Å². The SMILES string of the molecule is CC(C)=CC1C/C(=C/CC/C(C)=C/CC/C(C)=C/CC2(O)C(=O)c3c(O)cc(C)c4c(O)c(C)c(O)c(c34)C2=O)CO1. The van der Waals surface area contributed by atoms with Crippen LogP contribution in [-0.4, -0.2) is 50.3 Å². The summed E-state index contributed by atoms with van der Waals surface area (Å²) in [4.78, 5) is 27.1. The number of aliphatic hydroxyl groups is 1. The minimum absolute atomic E-state index is 0.0297. The molecule has 7 nitrogen and oxygen atoms in total. The highest BCUT2D eigenvalue weighted by Gasteiger charge is 2.51. The molecule has 1 heterocycles. The molecule has 2 aromatic rings. The highest BCUT2D eigenvalue weighted by molar-refractivity contribution is 6.36. The van der Waals surface area contributed by atoms with Crippen LogP contribution in [0.5, 0.6) is 17.2 Å². The third-order valence-corrected chi connectivity index (χ3v) is 8.36. The van der Waals surface area contributed by atoms with Gasteiger partial charge in [0.05, 0.1) is 23.8 Å². The van der Waals surface area contributed by atoms with Gasteiger partial charge in [0.1, 0.15) is 17.2 Å². The molecule has 0 radical (unpaired) electrons. The predicted molar refractivity (Wildman–Crippen MR) is 164 cm³/mol. The van der Waals surface area contributed by atoms with Gasteiger partial charge < -0.3 is 25.2 Å². The number of Topliss-reactive ketones (excluding diaryl/α,β-unsaturated/α-hetero) is 2. The van der Waals surface area contributed by atoms with Gasteiger partial charge in [-0.3, -0.25) is 9.59 Å². The molecular weight excluding hydrogens is 532 g/mol. The Kier molecular flexibility index (Phi) is 9.14. The fourth-order valence-corrected chi connectivity index (χ4v) is 5.90. The number of aryl methyl sites for hydroxylation is 1. The summed E-state index contributed by atoms with van der Waals surface area (Å²) in [6.45, 7) is 11.9. The Morgan fingerprint density at radius 1 is 0.929 bits per heavy atom. The van der Waals surface area contributed by atoms with E-state index in [0.717, 1.165) is 31.3 Å². The average molecular weight is 575 g/mol. The lowest BCUT2D eigenvalue weighted by atomic mass is 9.73. The zero-order valence-corrected chi connectivity index (χ0v) is 25.4. The van der Waals surface area contributed by atoms with Crippen molar-refractivity contribution in [3.8, 4) is 17.2 Å². The predicted octanol–water partition coefficient (Wildman–Crippen LogP) is 7.21. The van der Waals surface area contributed by atoms with Gasteiger partial charge in [0.25, 0.3) is 0 Å². The molecule has 2 atom stereocenters. The highest BCUT2D eigenvalue weighted by Crippen LogP contribution is 2.49. The number of rotatable bonds is 9. The molecule has 0 bridgehead atoms. The van der Waals surface area contributed by atoms with E-state index in [2.05, 4.69) is 39.0 Å². The second-order valence-corrected chi connectivity index (χ2v) is 12.1. The van der Waals surface area contributed by atoms with Gasteiger partial charge in [-0.05, 0) is 84.4 Å². The number of ketones is 2. The quantitative estimate of drug-likeness (QED) is 0.184. The second-order valence-electron chi connectivity index (χ2n) is 12.1. The normalized spacial score (nSPS) is 22.0. The van der Waals surface area contributed by atoms with Gasteiger partial charge in [0.15, 0.2) is 5.60 Å². The number of carbonyl (C=O) groups is 2. The zero-order valence-electron chi connectivity index (χ0n) is 25.4. The second kappa shape index (κ2) is 12.3. The number of benzene rings is 2. The maximum absolute atomic E-state index is 13.6. The smallest absolute Gasteiger partial charge is 0.207 e. The van der Waals surface area contributed by atoms with Crippen LogP contribution < -0.4 is 0 Å². The molecule has 0 amide bonds. The first-order chi connectivity index (χ1) is 19.8. The van der Waals surface area contributed by atoms with E-state index in [4.69, 9.17) is 4.74 Å². The lowest BCUT2D eigenvalue weighted by molar-refractivity contribution is 0.0294. The molecule has 224 valence electrons. The Morgan fingerprint density at radius 3 is 2.26 bits per heavy atom. The zero-order chi connectivity index (χ0) is 30.9. The van der Waals surface area contributed by atoms with E-state index in [1.807, 2.05) is 6.92 Å². The van der Waals surface area contributed by atoms with Gasteiger partial charge in [-0.2, -0.15) is 0 Å². The van der Waals surface area contributed by atoms with E-state index in [0.29, 0.717) is 18.6 Å². The summed E-state index contributed by atoms with van der Waals surface area (Å²) in [7, 11) is 0. The molecule has 2 aliphatic rings. The lowest BCUT2D eigenvalue weighted by Gasteiger charge is -2.32. The van der Waals surface area contributed by atoms with E-state index in [1.54, 1.807) is 13.0 Å². The highest BCUT2D eigenvalue weighted by atomic mass is 16.5. The number of ether oxygens (including phenoxy) is 1. The molecule has 42 heavy (non-hydrogen) atoms. The van der Waals surface area contributed by atoms with Crippen molar-refractivity contribution in [1.29, 1.82) is 0 Å². The molecule has 0 spiro atoms. The fourth-order valence-electron chi connectivity index (χ4n) is 5.90. The minimum Gasteiger partial charge on any atom is -0.507 e. The van der Waals surface area contributed by atoms with E-state index in [1.165, 1.54) is 29.7 Å². The molecule has 2 unspecified atom stereocenters. The van der Waals surface area contributed by atoms with Gasteiger partial charge in [0, 0.05) is 29.2 Å². The number of phenolic OH excluding ortho intramolecular Hbond substituents is 3. The number of phenols is 3. The minimum atomic E-state index is -2.48. The number of allylic oxidation sites excluding steroid dienone is 5. The maximum atomic E-state index is 13.6. The monoisotopic (exact) mass is 574 g/mol. The first kappa shape index (κ1) is 31.3. The molecule has 0 aromatic heterocycles. The Morgan fingerprint density at radius 2 is 1.57 bits per heavy atom. The van der Waals surface area contributed by atoms with Crippen molar-refractivity contribution >= 4 is 22.3 Å². The van der Waals surface area contributed by atoms with Crippen LogP contribution in [0, 0.1) is 13.8 Å². The third kappa shape index (κ3) is 5.94. The summed E-state index contributed by atoms with van der Waals surface area (Å²) in [6, 6.07) is 1.32. The Bertz CT molecular complexity index is 1570. The van der Waals surface area contributed by atoms with E-state index >= 15 is 0 Å². The van der Waals surface area contributed by atoms with Crippen molar-refractivity contribution in [1.82, 2.24) is 0 Å². The molecule has 7 heteroatoms. The Labute approximate surface area is 247 Å². The summed E-state index contributed by atoms with van der Waals surface area (Å²) >= 11 is 0. The van der Waals surface area contributed by atoms with Gasteiger partial charge in [-0.15, -0.1) is 0 Å². The van der Waals surface area contributed by atoms with Crippen LogP contribution in [0.3, 0.4) is 0 Å². The van der Waals surface area contributed by atoms with Gasteiger partial charge in [-0.25, -0.2) is 0 Å². The molecule has 1 saturated heterocycles. The number of aromatic hydroxyl groups is 3. The number of hydrogen-bond donors (Lipinski definition) is 4. The van der Waals surface area contributed by atoms with E-state index < -0.39 is 28.7 Å². The average Bonchev–Trinajstić information content (AvgIpc) is 3.35. The van der Waals surface area contributed by atoms with Gasteiger partial charge >= 0.3 is 0 Å². The summed E-state index contributed by atoms with van der Waals surface area (Å²) < 4.78 is 5.81. The summed E-state index contributed by atoms with van der Waals surface area (Å²) in [6.07, 6.45) is 12.5. The maximum Gasteiger partial charge on any atom is 0.207 e. The van der Waals surface area contributed by atoms with Crippen LogP contribution in [0.15, 0.2) is 52.7 Å². The lowest BCUT2D eigenvalue weighted by Crippen LogP contribution is -2.49. The Balaban J connectivity index is 1.43. The molecule has 2 aromatic carbocycles. The van der Waals surface area contributed by atoms with Crippen LogP contribution in [0.1, 0.15) is 98.1 Å². The number of carbonyl (C=O) groups excluding carboxylic acids is 2. The molecule has 1 fully saturated rings. The molecule has 1 aliphatic carbocycles. The van der Waals surface area contributed by atoms with Crippen molar-refractivity contribution in [2.45, 2.75) is 91.8 Å². The summed E-state index contributed by atoms with van der Waals surface area (Å²) in [5.74, 6) is -3.08. The van der Waals surface area contributed by atoms with Crippen LogP contribution >= 0.6 is 0 Å². The summed E-state index contributed by atoms with van der Waals surface area (Å²) in [5, 5.41) is 43.7. The van der Waals surface area contributed by atoms with Crippen molar-refractivity contribution in [3.63, 3.8) is 0 Å². The van der Waals surface area contributed by atoms with Crippen LogP contribution in [0.2, 0.25) is 0 Å². The van der Waals surface area contributed by atoms with E-state index in [9.17, 15) is 30.0 Å². The molecule has 1 aliphatic heterocycles. The van der Waals surface area contributed by atoms with Crippen molar-refractivity contribution < 1.29 is 34.8 Å². The van der Waals surface area contributed by atoms with Crippen molar-refractivity contribution in [2.75, 3.05) is 6.61 Å². The third-order valence-electron chi connectivity index (χ3n) is 8.36. The fraction of sp³-hybridized carbons (Fsp3) is 0.429.